The van der Waals surface area contributed by atoms with Gasteiger partial charge >= 0.3 is 0 Å². The van der Waals surface area contributed by atoms with Gasteiger partial charge in [0.1, 0.15) is 11.2 Å². The van der Waals surface area contributed by atoms with E-state index in [9.17, 15) is 9.59 Å². The summed E-state index contributed by atoms with van der Waals surface area (Å²) in [5, 5.41) is 3.28. The van der Waals surface area contributed by atoms with Gasteiger partial charge in [0.05, 0.1) is 18.1 Å². The van der Waals surface area contributed by atoms with Crippen molar-refractivity contribution in [2.24, 2.45) is 0 Å². The standard InChI is InChI=1S/C27H23N3O4S/c31-25(20-11-5-2-6-12-20)29-23(26(32)30-15-17-33-18-16-30)24(19-9-3-1-4-10-19)35-27-28-21-13-7-8-14-22(21)34-27/h1-14H,15-18H2,(H,29,31)/b24-23-. The first kappa shape index (κ1) is 22.9. The van der Waals surface area contributed by atoms with Crippen LogP contribution in [0, 0.1) is 0 Å². The average Bonchev–Trinajstić information content (AvgIpc) is 3.34. The van der Waals surface area contributed by atoms with Gasteiger partial charge in [-0.2, -0.15) is 0 Å². The van der Waals surface area contributed by atoms with Crippen molar-refractivity contribution in [3.05, 3.63) is 102 Å². The number of thioether (sulfide) groups is 1. The van der Waals surface area contributed by atoms with Crippen molar-refractivity contribution in [3.8, 4) is 0 Å². The topological polar surface area (TPSA) is 84.7 Å². The van der Waals surface area contributed by atoms with E-state index in [0.717, 1.165) is 11.1 Å². The third kappa shape index (κ3) is 5.29. The third-order valence-corrected chi connectivity index (χ3v) is 6.51. The number of carbonyl (C=O) groups is 2. The minimum absolute atomic E-state index is 0.180. The molecule has 35 heavy (non-hydrogen) atoms. The molecule has 1 aliphatic heterocycles. The van der Waals surface area contributed by atoms with Crippen molar-refractivity contribution in [3.63, 3.8) is 0 Å². The summed E-state index contributed by atoms with van der Waals surface area (Å²) in [6.07, 6.45) is 0. The monoisotopic (exact) mass is 485 g/mol. The molecule has 0 radical (unpaired) electrons. The van der Waals surface area contributed by atoms with E-state index in [2.05, 4.69) is 10.3 Å². The van der Waals surface area contributed by atoms with Gasteiger partial charge in [-0.05, 0) is 41.6 Å². The van der Waals surface area contributed by atoms with Crippen LogP contribution in [0.4, 0.5) is 0 Å². The Morgan fingerprint density at radius 1 is 0.829 bits per heavy atom. The van der Waals surface area contributed by atoms with E-state index >= 15 is 0 Å². The van der Waals surface area contributed by atoms with Gasteiger partial charge in [0.15, 0.2) is 5.58 Å². The molecule has 1 N–H and O–H groups in total. The van der Waals surface area contributed by atoms with E-state index in [4.69, 9.17) is 9.15 Å². The lowest BCUT2D eigenvalue weighted by Crippen LogP contribution is -2.44. The van der Waals surface area contributed by atoms with E-state index < -0.39 is 0 Å². The maximum Gasteiger partial charge on any atom is 0.271 e. The number of rotatable bonds is 6. The number of benzene rings is 3. The molecule has 0 bridgehead atoms. The number of amides is 2. The summed E-state index contributed by atoms with van der Waals surface area (Å²) in [6, 6.07) is 25.8. The molecule has 0 spiro atoms. The number of fused-ring (bicyclic) bond motifs is 1. The summed E-state index contributed by atoms with van der Waals surface area (Å²) in [5.74, 6) is -0.645. The Kier molecular flexibility index (Phi) is 6.92. The molecule has 3 aromatic carbocycles. The second kappa shape index (κ2) is 10.6. The lowest BCUT2D eigenvalue weighted by Gasteiger charge is -2.28. The maximum atomic E-state index is 13.8. The highest BCUT2D eigenvalue weighted by molar-refractivity contribution is 8.08. The zero-order valence-corrected chi connectivity index (χ0v) is 19.7. The van der Waals surface area contributed by atoms with Crippen LogP contribution in [0.25, 0.3) is 16.0 Å². The van der Waals surface area contributed by atoms with Crippen LogP contribution >= 0.6 is 11.8 Å². The quantitative estimate of drug-likeness (QED) is 0.318. The molecule has 2 heterocycles. The van der Waals surface area contributed by atoms with Crippen LogP contribution in [0.3, 0.4) is 0 Å². The maximum absolute atomic E-state index is 13.8. The fourth-order valence-corrected chi connectivity index (χ4v) is 4.68. The highest BCUT2D eigenvalue weighted by Crippen LogP contribution is 2.37. The van der Waals surface area contributed by atoms with Crippen LogP contribution in [0.15, 0.2) is 100 Å². The predicted molar refractivity (Wildman–Crippen MR) is 135 cm³/mol. The van der Waals surface area contributed by atoms with Crippen LogP contribution in [0.5, 0.6) is 0 Å². The van der Waals surface area contributed by atoms with Crippen molar-refractivity contribution in [1.29, 1.82) is 0 Å². The molecule has 0 aliphatic carbocycles. The van der Waals surface area contributed by atoms with Crippen molar-refractivity contribution >= 4 is 39.6 Å². The minimum Gasteiger partial charge on any atom is -0.431 e. The van der Waals surface area contributed by atoms with Gasteiger partial charge in [0.2, 0.25) is 0 Å². The molecule has 5 rings (SSSR count). The molecule has 0 saturated carbocycles. The fraction of sp³-hybridized carbons (Fsp3) is 0.148. The van der Waals surface area contributed by atoms with E-state index in [1.807, 2.05) is 60.7 Å². The van der Waals surface area contributed by atoms with Crippen molar-refractivity contribution < 1.29 is 18.7 Å². The number of hydrogen-bond acceptors (Lipinski definition) is 6. The second-order valence-corrected chi connectivity index (χ2v) is 8.81. The second-order valence-electron chi connectivity index (χ2n) is 7.84. The van der Waals surface area contributed by atoms with E-state index in [0.29, 0.717) is 47.6 Å². The molecule has 1 aromatic heterocycles. The molecule has 8 heteroatoms. The molecule has 1 fully saturated rings. The number of nitrogens with zero attached hydrogens (tertiary/aromatic N) is 2. The smallest absolute Gasteiger partial charge is 0.271 e. The number of oxazole rings is 1. The Balaban J connectivity index is 1.61. The third-order valence-electron chi connectivity index (χ3n) is 5.51. The van der Waals surface area contributed by atoms with Gasteiger partial charge in [0, 0.05) is 18.7 Å². The van der Waals surface area contributed by atoms with Crippen molar-refractivity contribution in [2.45, 2.75) is 5.22 Å². The first-order valence-corrected chi connectivity index (χ1v) is 12.1. The Bertz CT molecular complexity index is 1330. The van der Waals surface area contributed by atoms with Gasteiger partial charge in [0.25, 0.3) is 17.0 Å². The van der Waals surface area contributed by atoms with Crippen LogP contribution in [-0.2, 0) is 9.53 Å². The molecular weight excluding hydrogens is 462 g/mol. The zero-order chi connectivity index (χ0) is 24.0. The number of hydrogen-bond donors (Lipinski definition) is 1. The van der Waals surface area contributed by atoms with Crippen LogP contribution < -0.4 is 5.32 Å². The SMILES string of the molecule is O=C(N/C(C(=O)N1CCOCC1)=C(\Sc1nc2ccccc2o1)c1ccccc1)c1ccccc1. The molecular formula is C27H23N3O4S. The lowest BCUT2D eigenvalue weighted by atomic mass is 10.1. The first-order valence-electron chi connectivity index (χ1n) is 11.3. The predicted octanol–water partition coefficient (Wildman–Crippen LogP) is 4.58. The van der Waals surface area contributed by atoms with Crippen LogP contribution in [-0.4, -0.2) is 48.0 Å². The van der Waals surface area contributed by atoms with Gasteiger partial charge in [-0.3, -0.25) is 9.59 Å². The van der Waals surface area contributed by atoms with Crippen molar-refractivity contribution in [1.82, 2.24) is 15.2 Å². The molecule has 4 aromatic rings. The van der Waals surface area contributed by atoms with Crippen molar-refractivity contribution in [2.75, 3.05) is 26.3 Å². The largest absolute Gasteiger partial charge is 0.431 e. The molecule has 1 aliphatic rings. The molecule has 2 amide bonds. The van der Waals surface area contributed by atoms with Crippen LogP contribution in [0.2, 0.25) is 0 Å². The Hall–Kier alpha value is -3.88. The highest BCUT2D eigenvalue weighted by Gasteiger charge is 2.28. The minimum atomic E-state index is -0.367. The number of morpholine rings is 1. The summed E-state index contributed by atoms with van der Waals surface area (Å²) < 4.78 is 11.4. The molecule has 1 saturated heterocycles. The Morgan fingerprint density at radius 3 is 2.14 bits per heavy atom. The van der Waals surface area contributed by atoms with Gasteiger partial charge < -0.3 is 19.4 Å². The Morgan fingerprint density at radius 2 is 1.46 bits per heavy atom. The summed E-state index contributed by atoms with van der Waals surface area (Å²) in [7, 11) is 0. The lowest BCUT2D eigenvalue weighted by molar-refractivity contribution is -0.131. The first-order chi connectivity index (χ1) is 17.2. The summed E-state index contributed by atoms with van der Waals surface area (Å²) in [4.78, 5) is 33.8. The van der Waals surface area contributed by atoms with Crippen LogP contribution in [0.1, 0.15) is 15.9 Å². The van der Waals surface area contributed by atoms with Gasteiger partial charge in [-0.15, -0.1) is 0 Å². The average molecular weight is 486 g/mol. The van der Waals surface area contributed by atoms with Gasteiger partial charge in [-0.1, -0.05) is 60.7 Å². The fourth-order valence-electron chi connectivity index (χ4n) is 3.73. The van der Waals surface area contributed by atoms with E-state index in [1.54, 1.807) is 29.2 Å². The van der Waals surface area contributed by atoms with E-state index in [-0.39, 0.29) is 17.5 Å². The summed E-state index contributed by atoms with van der Waals surface area (Å²) >= 11 is 1.21. The molecule has 0 unspecified atom stereocenters. The number of aromatic nitrogens is 1. The molecule has 7 nitrogen and oxygen atoms in total. The number of carbonyl (C=O) groups excluding carboxylic acids is 2. The normalized spacial score (nSPS) is 14.5. The zero-order valence-electron chi connectivity index (χ0n) is 18.8. The summed E-state index contributed by atoms with van der Waals surface area (Å²) in [5.41, 5.74) is 2.77. The number of para-hydroxylation sites is 2. The molecule has 0 atom stereocenters. The summed E-state index contributed by atoms with van der Waals surface area (Å²) in [6.45, 7) is 1.79. The number of nitrogens with one attached hydrogen (secondary N) is 1. The highest BCUT2D eigenvalue weighted by atomic mass is 32.2. The Labute approximate surface area is 206 Å². The number of ether oxygens (including phenoxy) is 1. The molecule has 176 valence electrons. The van der Waals surface area contributed by atoms with E-state index in [1.165, 1.54) is 11.8 Å². The van der Waals surface area contributed by atoms with Gasteiger partial charge in [-0.25, -0.2) is 4.98 Å².